The molecule has 0 atom stereocenters. The summed E-state index contributed by atoms with van der Waals surface area (Å²) in [6, 6.07) is 0. The molecule has 0 rings (SSSR count). The molecule has 0 unspecified atom stereocenters. The fraction of sp³-hybridized carbons (Fsp3) is 0.857. The molecular formula is C7H16N2O4S. The minimum absolute atomic E-state index is 0.131. The summed E-state index contributed by atoms with van der Waals surface area (Å²) in [6.45, 7) is 2.35. The normalized spacial score (nSPS) is 11.3. The van der Waals surface area contributed by atoms with Crippen molar-refractivity contribution in [3.8, 4) is 0 Å². The number of rotatable bonds is 7. The van der Waals surface area contributed by atoms with Gasteiger partial charge in [-0.3, -0.25) is 4.79 Å². The number of hydrogen-bond acceptors (Lipinski definition) is 5. The second-order valence-electron chi connectivity index (χ2n) is 2.56. The second kappa shape index (κ2) is 6.74. The zero-order valence-electron chi connectivity index (χ0n) is 8.15. The summed E-state index contributed by atoms with van der Waals surface area (Å²) in [5.41, 5.74) is 5.12. The van der Waals surface area contributed by atoms with Crippen molar-refractivity contribution in [1.82, 2.24) is 4.72 Å². The van der Waals surface area contributed by atoms with Gasteiger partial charge in [0, 0.05) is 13.1 Å². The average Bonchev–Trinajstić information content (AvgIpc) is 2.13. The maximum absolute atomic E-state index is 11.1. The van der Waals surface area contributed by atoms with Crippen molar-refractivity contribution in [2.45, 2.75) is 13.3 Å². The summed E-state index contributed by atoms with van der Waals surface area (Å²) in [4.78, 5) is 10.8. The highest BCUT2D eigenvalue weighted by Crippen LogP contribution is 1.92. The van der Waals surface area contributed by atoms with Crippen molar-refractivity contribution >= 4 is 16.0 Å². The zero-order chi connectivity index (χ0) is 11.0. The number of hydrogen-bond donors (Lipinski definition) is 2. The van der Waals surface area contributed by atoms with Crippen LogP contribution < -0.4 is 10.5 Å². The van der Waals surface area contributed by atoms with Gasteiger partial charge in [0.15, 0.2) is 0 Å². The zero-order valence-corrected chi connectivity index (χ0v) is 8.97. The number of nitrogens with two attached hydrogens (primary N) is 1. The molecule has 0 fully saturated rings. The smallest absolute Gasteiger partial charge is 0.306 e. The molecule has 3 N–H and O–H groups in total. The highest BCUT2D eigenvalue weighted by Gasteiger charge is 2.12. The van der Waals surface area contributed by atoms with Crippen molar-refractivity contribution in [3.63, 3.8) is 0 Å². The lowest BCUT2D eigenvalue weighted by Gasteiger charge is -2.04. The highest BCUT2D eigenvalue weighted by molar-refractivity contribution is 7.89. The minimum atomic E-state index is -3.39. The Morgan fingerprint density at radius 1 is 1.50 bits per heavy atom. The maximum Gasteiger partial charge on any atom is 0.306 e. The predicted molar refractivity (Wildman–Crippen MR) is 52.1 cm³/mol. The van der Waals surface area contributed by atoms with E-state index in [2.05, 4.69) is 9.46 Å². The molecule has 14 heavy (non-hydrogen) atoms. The van der Waals surface area contributed by atoms with Gasteiger partial charge in [-0.15, -0.1) is 0 Å². The van der Waals surface area contributed by atoms with Crippen molar-refractivity contribution < 1.29 is 17.9 Å². The SMILES string of the molecule is CCOC(=O)CCS(=O)(=O)NCCN. The van der Waals surface area contributed by atoms with Crippen LogP contribution in [0.1, 0.15) is 13.3 Å². The Bertz CT molecular complexity index is 263. The van der Waals surface area contributed by atoms with Crippen LogP contribution in [0.3, 0.4) is 0 Å². The van der Waals surface area contributed by atoms with E-state index in [0.717, 1.165) is 0 Å². The number of esters is 1. The molecule has 0 spiro atoms. The van der Waals surface area contributed by atoms with Crippen LogP contribution >= 0.6 is 0 Å². The Kier molecular flexibility index (Phi) is 6.43. The monoisotopic (exact) mass is 224 g/mol. The summed E-state index contributed by atoms with van der Waals surface area (Å²) in [7, 11) is -3.39. The number of sulfonamides is 1. The average molecular weight is 224 g/mol. The Morgan fingerprint density at radius 3 is 2.64 bits per heavy atom. The van der Waals surface area contributed by atoms with Gasteiger partial charge in [0.05, 0.1) is 18.8 Å². The summed E-state index contributed by atoms with van der Waals surface area (Å²) in [5.74, 6) is -0.767. The summed E-state index contributed by atoms with van der Waals surface area (Å²) >= 11 is 0. The third-order valence-electron chi connectivity index (χ3n) is 1.35. The van der Waals surface area contributed by atoms with E-state index in [9.17, 15) is 13.2 Å². The minimum Gasteiger partial charge on any atom is -0.466 e. The number of ether oxygens (including phenoxy) is 1. The molecular weight excluding hydrogens is 208 g/mol. The molecule has 84 valence electrons. The van der Waals surface area contributed by atoms with Crippen LogP contribution in [0.15, 0.2) is 0 Å². The number of carbonyl (C=O) groups is 1. The molecule has 0 aliphatic heterocycles. The van der Waals surface area contributed by atoms with Crippen LogP contribution in [-0.4, -0.2) is 39.8 Å². The molecule has 0 aromatic rings. The van der Waals surface area contributed by atoms with E-state index in [0.29, 0.717) is 0 Å². The van der Waals surface area contributed by atoms with E-state index in [1.807, 2.05) is 0 Å². The fourth-order valence-electron chi connectivity index (χ4n) is 0.737. The van der Waals surface area contributed by atoms with E-state index < -0.39 is 16.0 Å². The third-order valence-corrected chi connectivity index (χ3v) is 2.73. The van der Waals surface area contributed by atoms with E-state index in [-0.39, 0.29) is 31.9 Å². The van der Waals surface area contributed by atoms with Crippen molar-refractivity contribution in [1.29, 1.82) is 0 Å². The first-order valence-corrected chi connectivity index (χ1v) is 6.00. The topological polar surface area (TPSA) is 98.5 Å². The van der Waals surface area contributed by atoms with Crippen LogP contribution in [-0.2, 0) is 19.6 Å². The van der Waals surface area contributed by atoms with Gasteiger partial charge in [-0.25, -0.2) is 13.1 Å². The lowest BCUT2D eigenvalue weighted by Crippen LogP contribution is -2.32. The van der Waals surface area contributed by atoms with Gasteiger partial charge in [0.2, 0.25) is 10.0 Å². The molecule has 0 aliphatic rings. The molecule has 0 amide bonds. The predicted octanol–water partition coefficient (Wildman–Crippen LogP) is -1.18. The largest absolute Gasteiger partial charge is 0.466 e. The van der Waals surface area contributed by atoms with Gasteiger partial charge >= 0.3 is 5.97 Å². The second-order valence-corrected chi connectivity index (χ2v) is 4.48. The van der Waals surface area contributed by atoms with Crippen LogP contribution in [0.2, 0.25) is 0 Å². The van der Waals surface area contributed by atoms with E-state index in [4.69, 9.17) is 5.73 Å². The first-order chi connectivity index (χ1) is 6.52. The van der Waals surface area contributed by atoms with Gasteiger partial charge in [-0.2, -0.15) is 0 Å². The molecule has 0 aliphatic carbocycles. The third kappa shape index (κ3) is 6.81. The summed E-state index contributed by atoms with van der Waals surface area (Å²) < 4.78 is 29.1. The molecule has 0 aromatic heterocycles. The lowest BCUT2D eigenvalue weighted by atomic mass is 10.5. The van der Waals surface area contributed by atoms with E-state index in [1.54, 1.807) is 6.92 Å². The van der Waals surface area contributed by atoms with Crippen LogP contribution in [0.5, 0.6) is 0 Å². The number of carbonyl (C=O) groups excluding carboxylic acids is 1. The van der Waals surface area contributed by atoms with E-state index in [1.165, 1.54) is 0 Å². The Hall–Kier alpha value is -0.660. The number of nitrogens with one attached hydrogen (secondary N) is 1. The Balaban J connectivity index is 3.81. The van der Waals surface area contributed by atoms with Crippen molar-refractivity contribution in [2.24, 2.45) is 5.73 Å². The lowest BCUT2D eigenvalue weighted by molar-refractivity contribution is -0.142. The Morgan fingerprint density at radius 2 is 2.14 bits per heavy atom. The summed E-state index contributed by atoms with van der Waals surface area (Å²) in [6.07, 6.45) is -0.131. The van der Waals surface area contributed by atoms with Crippen LogP contribution in [0.4, 0.5) is 0 Å². The molecule has 0 bridgehead atoms. The van der Waals surface area contributed by atoms with Gasteiger partial charge in [0.25, 0.3) is 0 Å². The fourth-order valence-corrected chi connectivity index (χ4v) is 1.75. The highest BCUT2D eigenvalue weighted by atomic mass is 32.2. The Labute approximate surface area is 83.9 Å². The molecule has 0 aromatic carbocycles. The summed E-state index contributed by atoms with van der Waals surface area (Å²) in [5, 5.41) is 0. The van der Waals surface area contributed by atoms with E-state index >= 15 is 0 Å². The first kappa shape index (κ1) is 13.3. The molecule has 0 heterocycles. The van der Waals surface area contributed by atoms with Crippen molar-refractivity contribution in [2.75, 3.05) is 25.4 Å². The van der Waals surface area contributed by atoms with Crippen LogP contribution in [0, 0.1) is 0 Å². The molecule has 7 heteroatoms. The molecule has 6 nitrogen and oxygen atoms in total. The van der Waals surface area contributed by atoms with Crippen LogP contribution in [0.25, 0.3) is 0 Å². The van der Waals surface area contributed by atoms with Gasteiger partial charge < -0.3 is 10.5 Å². The van der Waals surface area contributed by atoms with Gasteiger partial charge in [0.1, 0.15) is 0 Å². The van der Waals surface area contributed by atoms with Crippen molar-refractivity contribution in [3.05, 3.63) is 0 Å². The van der Waals surface area contributed by atoms with Gasteiger partial charge in [-0.1, -0.05) is 0 Å². The quantitative estimate of drug-likeness (QED) is 0.530. The molecule has 0 saturated heterocycles. The first-order valence-electron chi connectivity index (χ1n) is 4.35. The standard InChI is InChI=1S/C7H16N2O4S/c1-2-13-7(10)3-6-14(11,12)9-5-4-8/h9H,2-6,8H2,1H3. The maximum atomic E-state index is 11.1. The van der Waals surface area contributed by atoms with Gasteiger partial charge in [-0.05, 0) is 6.92 Å². The molecule has 0 saturated carbocycles. The molecule has 0 radical (unpaired) electrons.